The van der Waals surface area contributed by atoms with Gasteiger partial charge in [-0.1, -0.05) is 12.1 Å². The maximum Gasteiger partial charge on any atom is 0.234 e. The van der Waals surface area contributed by atoms with Gasteiger partial charge in [0, 0.05) is 31.7 Å². The van der Waals surface area contributed by atoms with Gasteiger partial charge in [-0.05, 0) is 17.7 Å². The summed E-state index contributed by atoms with van der Waals surface area (Å²) in [5.74, 6) is 0.979. The standard InChI is InChI=1S/C14H19N3O2/c1-19-12-4-2-3-10(5-12)13-8-15-6-11-7-16-14(18)9-17(11)13/h2-5,11,13,15H,6-9H2,1H3,(H,16,18). The smallest absolute Gasteiger partial charge is 0.234 e. The summed E-state index contributed by atoms with van der Waals surface area (Å²) in [4.78, 5) is 13.9. The Labute approximate surface area is 112 Å². The summed E-state index contributed by atoms with van der Waals surface area (Å²) >= 11 is 0. The van der Waals surface area contributed by atoms with E-state index in [1.165, 1.54) is 5.56 Å². The van der Waals surface area contributed by atoms with Crippen LogP contribution in [0.4, 0.5) is 0 Å². The zero-order chi connectivity index (χ0) is 13.2. The van der Waals surface area contributed by atoms with Gasteiger partial charge in [0.1, 0.15) is 5.75 Å². The summed E-state index contributed by atoms with van der Waals surface area (Å²) in [6.07, 6.45) is 0. The number of carbonyl (C=O) groups is 1. The minimum absolute atomic E-state index is 0.117. The van der Waals surface area contributed by atoms with Crippen molar-refractivity contribution in [2.75, 3.05) is 33.3 Å². The van der Waals surface area contributed by atoms with Gasteiger partial charge < -0.3 is 15.4 Å². The van der Waals surface area contributed by atoms with Gasteiger partial charge in [-0.15, -0.1) is 0 Å². The molecule has 1 aromatic carbocycles. The molecule has 2 N–H and O–H groups in total. The Hall–Kier alpha value is -1.59. The summed E-state index contributed by atoms with van der Waals surface area (Å²) in [5, 5.41) is 6.38. The first-order valence-corrected chi connectivity index (χ1v) is 6.65. The molecule has 2 heterocycles. The highest BCUT2D eigenvalue weighted by Crippen LogP contribution is 2.28. The molecular weight excluding hydrogens is 242 g/mol. The topological polar surface area (TPSA) is 53.6 Å². The number of benzene rings is 1. The Bertz CT molecular complexity index is 478. The lowest BCUT2D eigenvalue weighted by atomic mass is 9.98. The van der Waals surface area contributed by atoms with E-state index in [-0.39, 0.29) is 11.9 Å². The van der Waals surface area contributed by atoms with Crippen molar-refractivity contribution in [3.63, 3.8) is 0 Å². The molecule has 3 rings (SSSR count). The van der Waals surface area contributed by atoms with E-state index in [1.807, 2.05) is 12.1 Å². The molecule has 0 radical (unpaired) electrons. The van der Waals surface area contributed by atoms with Gasteiger partial charge in [-0.2, -0.15) is 0 Å². The Kier molecular flexibility index (Phi) is 3.40. The lowest BCUT2D eigenvalue weighted by Crippen LogP contribution is -2.62. The van der Waals surface area contributed by atoms with Gasteiger partial charge in [0.05, 0.1) is 13.7 Å². The number of fused-ring (bicyclic) bond motifs is 1. The molecular formula is C14H19N3O2. The molecule has 1 aromatic rings. The van der Waals surface area contributed by atoms with E-state index in [0.29, 0.717) is 12.6 Å². The SMILES string of the molecule is COc1cccc(C2CNCC3CNC(=O)CN32)c1. The Morgan fingerprint density at radius 1 is 1.32 bits per heavy atom. The second-order valence-electron chi connectivity index (χ2n) is 5.08. The van der Waals surface area contributed by atoms with E-state index in [0.717, 1.165) is 25.4 Å². The van der Waals surface area contributed by atoms with Crippen LogP contribution in [-0.4, -0.2) is 50.1 Å². The summed E-state index contributed by atoms with van der Waals surface area (Å²) in [6, 6.07) is 8.72. The van der Waals surface area contributed by atoms with Crippen LogP contribution in [0.15, 0.2) is 24.3 Å². The van der Waals surface area contributed by atoms with Crippen molar-refractivity contribution in [3.8, 4) is 5.75 Å². The molecule has 2 fully saturated rings. The fourth-order valence-electron chi connectivity index (χ4n) is 2.92. The molecule has 0 aromatic heterocycles. The lowest BCUT2D eigenvalue weighted by Gasteiger charge is -2.45. The molecule has 2 aliphatic rings. The average molecular weight is 261 g/mol. The molecule has 0 spiro atoms. The molecule has 0 saturated carbocycles. The van der Waals surface area contributed by atoms with Crippen LogP contribution in [0, 0.1) is 0 Å². The number of carbonyl (C=O) groups excluding carboxylic acids is 1. The lowest BCUT2D eigenvalue weighted by molar-refractivity contribution is -0.127. The molecule has 5 heteroatoms. The first-order chi connectivity index (χ1) is 9.28. The number of hydrogen-bond acceptors (Lipinski definition) is 4. The van der Waals surface area contributed by atoms with E-state index >= 15 is 0 Å². The predicted molar refractivity (Wildman–Crippen MR) is 72.1 cm³/mol. The van der Waals surface area contributed by atoms with Crippen LogP contribution >= 0.6 is 0 Å². The molecule has 5 nitrogen and oxygen atoms in total. The number of rotatable bonds is 2. The van der Waals surface area contributed by atoms with Crippen molar-refractivity contribution in [1.82, 2.24) is 15.5 Å². The number of amides is 1. The largest absolute Gasteiger partial charge is 0.497 e. The number of nitrogens with zero attached hydrogens (tertiary/aromatic N) is 1. The molecule has 0 bridgehead atoms. The normalized spacial score (nSPS) is 27.5. The molecule has 2 aliphatic heterocycles. The third kappa shape index (κ3) is 2.43. The van der Waals surface area contributed by atoms with Crippen molar-refractivity contribution < 1.29 is 9.53 Å². The monoisotopic (exact) mass is 261 g/mol. The van der Waals surface area contributed by atoms with E-state index in [4.69, 9.17) is 4.74 Å². The minimum atomic E-state index is 0.117. The quantitative estimate of drug-likeness (QED) is 0.795. The van der Waals surface area contributed by atoms with E-state index in [2.05, 4.69) is 27.7 Å². The van der Waals surface area contributed by atoms with Crippen LogP contribution in [0.3, 0.4) is 0 Å². The summed E-state index contributed by atoms with van der Waals surface area (Å²) in [7, 11) is 1.68. The van der Waals surface area contributed by atoms with E-state index < -0.39 is 0 Å². The zero-order valence-electron chi connectivity index (χ0n) is 11.1. The minimum Gasteiger partial charge on any atom is -0.497 e. The van der Waals surface area contributed by atoms with Gasteiger partial charge >= 0.3 is 0 Å². The number of nitrogens with one attached hydrogen (secondary N) is 2. The van der Waals surface area contributed by atoms with Crippen molar-refractivity contribution in [1.29, 1.82) is 0 Å². The fourth-order valence-corrected chi connectivity index (χ4v) is 2.92. The highest BCUT2D eigenvalue weighted by atomic mass is 16.5. The number of piperazine rings is 2. The summed E-state index contributed by atoms with van der Waals surface area (Å²) in [6.45, 7) is 3.01. The van der Waals surface area contributed by atoms with Crippen LogP contribution in [0.5, 0.6) is 5.75 Å². The molecule has 102 valence electrons. The Morgan fingerprint density at radius 3 is 3.05 bits per heavy atom. The van der Waals surface area contributed by atoms with Crippen LogP contribution in [-0.2, 0) is 4.79 Å². The molecule has 2 saturated heterocycles. The maximum atomic E-state index is 11.6. The number of methoxy groups -OCH3 is 1. The highest BCUT2D eigenvalue weighted by Gasteiger charge is 2.35. The Morgan fingerprint density at radius 2 is 2.21 bits per heavy atom. The van der Waals surface area contributed by atoms with E-state index in [9.17, 15) is 4.79 Å². The highest BCUT2D eigenvalue weighted by molar-refractivity contribution is 5.79. The van der Waals surface area contributed by atoms with Crippen LogP contribution in [0.25, 0.3) is 0 Å². The third-order valence-corrected chi connectivity index (χ3v) is 3.93. The first kappa shape index (κ1) is 12.4. The second kappa shape index (κ2) is 5.19. The van der Waals surface area contributed by atoms with E-state index in [1.54, 1.807) is 7.11 Å². The Balaban J connectivity index is 1.86. The molecule has 2 unspecified atom stereocenters. The average Bonchev–Trinajstić information content (AvgIpc) is 2.46. The van der Waals surface area contributed by atoms with Gasteiger partial charge in [0.2, 0.25) is 5.91 Å². The summed E-state index contributed by atoms with van der Waals surface area (Å²) < 4.78 is 5.28. The first-order valence-electron chi connectivity index (χ1n) is 6.65. The third-order valence-electron chi connectivity index (χ3n) is 3.93. The van der Waals surface area contributed by atoms with Gasteiger partial charge in [-0.25, -0.2) is 0 Å². The van der Waals surface area contributed by atoms with Gasteiger partial charge in [-0.3, -0.25) is 9.69 Å². The number of hydrogen-bond donors (Lipinski definition) is 2. The van der Waals surface area contributed by atoms with Crippen LogP contribution in [0.1, 0.15) is 11.6 Å². The summed E-state index contributed by atoms with van der Waals surface area (Å²) in [5.41, 5.74) is 1.20. The van der Waals surface area contributed by atoms with Gasteiger partial charge in [0.25, 0.3) is 0 Å². The van der Waals surface area contributed by atoms with Crippen LogP contribution in [0.2, 0.25) is 0 Å². The molecule has 0 aliphatic carbocycles. The van der Waals surface area contributed by atoms with Crippen molar-refractivity contribution in [3.05, 3.63) is 29.8 Å². The van der Waals surface area contributed by atoms with Crippen molar-refractivity contribution in [2.24, 2.45) is 0 Å². The predicted octanol–water partition coefficient (Wildman–Crippen LogP) is 0.140. The molecule has 19 heavy (non-hydrogen) atoms. The fraction of sp³-hybridized carbons (Fsp3) is 0.500. The second-order valence-corrected chi connectivity index (χ2v) is 5.08. The molecule has 2 atom stereocenters. The van der Waals surface area contributed by atoms with Gasteiger partial charge in [0.15, 0.2) is 0 Å². The van der Waals surface area contributed by atoms with Crippen molar-refractivity contribution in [2.45, 2.75) is 12.1 Å². The maximum absolute atomic E-state index is 11.6. The van der Waals surface area contributed by atoms with Crippen molar-refractivity contribution >= 4 is 5.91 Å². The number of ether oxygens (including phenoxy) is 1. The molecule has 1 amide bonds. The zero-order valence-corrected chi connectivity index (χ0v) is 11.1. The van der Waals surface area contributed by atoms with Crippen LogP contribution < -0.4 is 15.4 Å².